The van der Waals surface area contributed by atoms with E-state index in [1.54, 1.807) is 4.90 Å². The van der Waals surface area contributed by atoms with E-state index in [0.29, 0.717) is 19.5 Å². The van der Waals surface area contributed by atoms with Gasteiger partial charge in [-0.3, -0.25) is 14.9 Å². The number of piperidine rings is 1. The Balaban J connectivity index is 1.53. The summed E-state index contributed by atoms with van der Waals surface area (Å²) in [6.45, 7) is 4.24. The van der Waals surface area contributed by atoms with E-state index in [0.717, 1.165) is 44.8 Å². The van der Waals surface area contributed by atoms with Gasteiger partial charge in [-0.2, -0.15) is 0 Å². The third-order valence-electron chi connectivity index (χ3n) is 5.20. The lowest BCUT2D eigenvalue weighted by Gasteiger charge is -2.41. The molecule has 8 nitrogen and oxygen atoms in total. The smallest absolute Gasteiger partial charge is 0.241 e. The first kappa shape index (κ1) is 18.9. The quantitative estimate of drug-likeness (QED) is 0.459. The highest BCUT2D eigenvalue weighted by Crippen LogP contribution is 2.38. The van der Waals surface area contributed by atoms with Crippen molar-refractivity contribution in [2.24, 2.45) is 5.73 Å². The summed E-state index contributed by atoms with van der Waals surface area (Å²) in [7, 11) is 0. The molecule has 0 radical (unpaired) electrons. The fraction of sp³-hybridized carbons (Fsp3) is 0.875. The summed E-state index contributed by atoms with van der Waals surface area (Å²) < 4.78 is 0. The van der Waals surface area contributed by atoms with Crippen molar-refractivity contribution in [1.82, 2.24) is 20.4 Å². The van der Waals surface area contributed by atoms with E-state index in [2.05, 4.69) is 10.6 Å². The molecular weight excluding hydrogens is 342 g/mol. The van der Waals surface area contributed by atoms with Crippen molar-refractivity contribution in [2.75, 3.05) is 51.6 Å². The number of carbonyl (C=O) groups excluding carboxylic acids is 2. The Morgan fingerprint density at radius 3 is 2.76 bits per heavy atom. The van der Waals surface area contributed by atoms with Gasteiger partial charge in [0.2, 0.25) is 11.8 Å². The molecule has 3 aliphatic heterocycles. The molecule has 0 aromatic carbocycles. The van der Waals surface area contributed by atoms with E-state index in [1.807, 2.05) is 16.7 Å². The number of nitrogens with one attached hydrogen (secondary N) is 2. The van der Waals surface area contributed by atoms with Gasteiger partial charge >= 0.3 is 0 Å². The molecular formula is C16H29N5O3S. The topological polar surface area (TPSA) is 111 Å². The number of nitrogens with two attached hydrogens (primary N) is 1. The number of hydrogen-bond acceptors (Lipinski definition) is 7. The number of carbonyl (C=O) groups is 2. The zero-order valence-electron chi connectivity index (χ0n) is 14.6. The lowest BCUT2D eigenvalue weighted by Crippen LogP contribution is -2.58. The van der Waals surface area contributed by atoms with Crippen molar-refractivity contribution in [1.29, 1.82) is 0 Å². The van der Waals surface area contributed by atoms with Crippen LogP contribution >= 0.6 is 11.8 Å². The monoisotopic (exact) mass is 371 g/mol. The molecule has 0 aromatic rings. The predicted molar refractivity (Wildman–Crippen MR) is 97.1 cm³/mol. The van der Waals surface area contributed by atoms with Crippen molar-refractivity contribution >= 4 is 23.6 Å². The van der Waals surface area contributed by atoms with Gasteiger partial charge in [0.1, 0.15) is 6.04 Å². The molecule has 0 bridgehead atoms. The summed E-state index contributed by atoms with van der Waals surface area (Å²) in [4.78, 5) is 28.2. The average molecular weight is 372 g/mol. The number of aliphatic hydroxyl groups excluding tert-OH is 1. The normalized spacial score (nSPS) is 31.4. The minimum atomic E-state index is -0.841. The number of nitrogens with zero attached hydrogens (tertiary/aromatic N) is 2. The van der Waals surface area contributed by atoms with E-state index in [9.17, 15) is 9.59 Å². The number of hydrogen-bond donors (Lipinski definition) is 4. The Hall–Kier alpha value is -0.870. The number of likely N-dealkylation sites (tertiary alicyclic amines) is 1. The largest absolute Gasteiger partial charge is 0.394 e. The third kappa shape index (κ3) is 4.46. The molecule has 2 amide bonds. The SMILES string of the molecule is N[C@@H](CO)C(=O)N1CCCC2(C1)N[C@H](CC(=O)N1CCNCC1)CS2. The Labute approximate surface area is 152 Å². The third-order valence-corrected chi connectivity index (χ3v) is 6.77. The summed E-state index contributed by atoms with van der Waals surface area (Å²) in [5, 5.41) is 16.0. The maximum absolute atomic E-state index is 12.5. The second-order valence-corrected chi connectivity index (χ2v) is 8.54. The van der Waals surface area contributed by atoms with Crippen LogP contribution in [0.3, 0.4) is 0 Å². The Morgan fingerprint density at radius 2 is 2.04 bits per heavy atom. The molecule has 3 fully saturated rings. The van der Waals surface area contributed by atoms with Gasteiger partial charge < -0.3 is 26.0 Å². The zero-order chi connectivity index (χ0) is 17.9. The van der Waals surface area contributed by atoms with E-state index in [1.165, 1.54) is 0 Å². The minimum absolute atomic E-state index is 0.147. The first-order chi connectivity index (χ1) is 12.0. The Kier molecular flexibility index (Phi) is 6.21. The molecule has 25 heavy (non-hydrogen) atoms. The minimum Gasteiger partial charge on any atom is -0.394 e. The van der Waals surface area contributed by atoms with Crippen molar-refractivity contribution in [3.05, 3.63) is 0 Å². The lowest BCUT2D eigenvalue weighted by atomic mass is 10.0. The van der Waals surface area contributed by atoms with Crippen LogP contribution in [-0.2, 0) is 9.59 Å². The summed E-state index contributed by atoms with van der Waals surface area (Å²) in [5.41, 5.74) is 5.69. The van der Waals surface area contributed by atoms with Crippen LogP contribution < -0.4 is 16.4 Å². The molecule has 0 aromatic heterocycles. The highest BCUT2D eigenvalue weighted by Gasteiger charge is 2.44. The van der Waals surface area contributed by atoms with Gasteiger partial charge in [-0.25, -0.2) is 0 Å². The number of rotatable bonds is 4. The maximum Gasteiger partial charge on any atom is 0.241 e. The zero-order valence-corrected chi connectivity index (χ0v) is 15.4. The van der Waals surface area contributed by atoms with Crippen LogP contribution in [0.5, 0.6) is 0 Å². The number of amides is 2. The Morgan fingerprint density at radius 1 is 1.28 bits per heavy atom. The predicted octanol–water partition coefficient (Wildman–Crippen LogP) is -1.85. The molecule has 0 aliphatic carbocycles. The first-order valence-electron chi connectivity index (χ1n) is 9.08. The molecule has 0 saturated carbocycles. The molecule has 3 heterocycles. The van der Waals surface area contributed by atoms with Crippen LogP contribution in [-0.4, -0.2) is 95.3 Å². The lowest BCUT2D eigenvalue weighted by molar-refractivity contribution is -0.135. The van der Waals surface area contributed by atoms with Gasteiger partial charge in [-0.05, 0) is 12.8 Å². The molecule has 1 spiro atoms. The van der Waals surface area contributed by atoms with Crippen molar-refractivity contribution < 1.29 is 14.7 Å². The van der Waals surface area contributed by atoms with Crippen LogP contribution in [0.15, 0.2) is 0 Å². The average Bonchev–Trinajstić information content (AvgIpc) is 3.02. The molecule has 3 saturated heterocycles. The van der Waals surface area contributed by atoms with Gasteiger partial charge in [-0.1, -0.05) is 0 Å². The molecule has 3 aliphatic rings. The molecule has 9 heteroatoms. The second-order valence-electron chi connectivity index (χ2n) is 7.13. The Bertz CT molecular complexity index is 502. The van der Waals surface area contributed by atoms with Crippen LogP contribution in [0.2, 0.25) is 0 Å². The van der Waals surface area contributed by atoms with Crippen LogP contribution in [0.1, 0.15) is 19.3 Å². The van der Waals surface area contributed by atoms with Crippen LogP contribution in [0, 0.1) is 0 Å². The molecule has 5 N–H and O–H groups in total. The standard InChI is InChI=1S/C16H29N5O3S/c17-13(9-22)15(24)21-5-1-2-16(11-21)19-12(10-25-16)8-14(23)20-6-3-18-4-7-20/h12-13,18-19,22H,1-11,17H2/t12-,13+,16?/m1/s1. The second kappa shape index (κ2) is 8.22. The molecule has 3 atom stereocenters. The van der Waals surface area contributed by atoms with Crippen molar-refractivity contribution in [3.63, 3.8) is 0 Å². The first-order valence-corrected chi connectivity index (χ1v) is 10.1. The van der Waals surface area contributed by atoms with Gasteiger partial charge in [0, 0.05) is 57.5 Å². The maximum atomic E-state index is 12.5. The van der Waals surface area contributed by atoms with E-state index in [-0.39, 0.29) is 29.3 Å². The molecule has 142 valence electrons. The molecule has 1 unspecified atom stereocenters. The summed E-state index contributed by atoms with van der Waals surface area (Å²) in [6.07, 6.45) is 2.40. The summed E-state index contributed by atoms with van der Waals surface area (Å²) in [6, 6.07) is -0.694. The molecule has 3 rings (SSSR count). The van der Waals surface area contributed by atoms with Crippen molar-refractivity contribution in [3.8, 4) is 0 Å². The van der Waals surface area contributed by atoms with Crippen molar-refractivity contribution in [2.45, 2.75) is 36.2 Å². The van der Waals surface area contributed by atoms with Crippen LogP contribution in [0.25, 0.3) is 0 Å². The summed E-state index contributed by atoms with van der Waals surface area (Å²) >= 11 is 1.81. The summed E-state index contributed by atoms with van der Waals surface area (Å²) in [5.74, 6) is 0.901. The van der Waals surface area contributed by atoms with E-state index >= 15 is 0 Å². The fourth-order valence-electron chi connectivity index (χ4n) is 3.84. The number of aliphatic hydroxyl groups is 1. The highest BCUT2D eigenvalue weighted by atomic mass is 32.2. The highest BCUT2D eigenvalue weighted by molar-refractivity contribution is 8.00. The van der Waals surface area contributed by atoms with Crippen LogP contribution in [0.4, 0.5) is 0 Å². The number of thioether (sulfide) groups is 1. The number of piperazine rings is 1. The van der Waals surface area contributed by atoms with E-state index < -0.39 is 6.04 Å². The van der Waals surface area contributed by atoms with Gasteiger partial charge in [0.05, 0.1) is 11.5 Å². The fourth-order valence-corrected chi connectivity index (χ4v) is 5.34. The van der Waals surface area contributed by atoms with E-state index in [4.69, 9.17) is 10.8 Å². The van der Waals surface area contributed by atoms with Gasteiger partial charge in [0.25, 0.3) is 0 Å². The van der Waals surface area contributed by atoms with Gasteiger partial charge in [0.15, 0.2) is 0 Å². The van der Waals surface area contributed by atoms with Gasteiger partial charge in [-0.15, -0.1) is 11.8 Å².